The predicted molar refractivity (Wildman–Crippen MR) is 121 cm³/mol. The molecule has 0 spiro atoms. The fourth-order valence-corrected chi connectivity index (χ4v) is 3.06. The minimum atomic E-state index is 0. The van der Waals surface area contributed by atoms with Crippen molar-refractivity contribution in [3.8, 4) is 5.75 Å². The molecule has 1 aromatic carbocycles. The Morgan fingerprint density at radius 2 is 2.11 bits per heavy atom. The molecule has 0 bridgehead atoms. The summed E-state index contributed by atoms with van der Waals surface area (Å²) in [4.78, 5) is 18.3. The van der Waals surface area contributed by atoms with Crippen LogP contribution in [0.2, 0.25) is 0 Å². The van der Waals surface area contributed by atoms with E-state index in [1.165, 1.54) is 0 Å². The van der Waals surface area contributed by atoms with E-state index in [1.807, 2.05) is 32.0 Å². The average molecular weight is 489 g/mol. The van der Waals surface area contributed by atoms with Gasteiger partial charge in [0.05, 0.1) is 12.8 Å². The molecule has 1 aromatic rings. The van der Waals surface area contributed by atoms with Gasteiger partial charge in [0.25, 0.3) is 0 Å². The van der Waals surface area contributed by atoms with Crippen molar-refractivity contribution < 1.29 is 9.53 Å². The summed E-state index contributed by atoms with van der Waals surface area (Å²) in [6.07, 6.45) is 1.45. The van der Waals surface area contributed by atoms with Crippen LogP contribution in [0.3, 0.4) is 0 Å². The van der Waals surface area contributed by atoms with Gasteiger partial charge in [-0.1, -0.05) is 12.1 Å². The summed E-state index contributed by atoms with van der Waals surface area (Å²) in [5.74, 6) is 1.67. The number of aliphatic imine (C=N–C) groups is 1. The first-order valence-corrected chi connectivity index (χ1v) is 9.18. The van der Waals surface area contributed by atoms with E-state index in [0.717, 1.165) is 36.9 Å². The number of hydrogen-bond acceptors (Lipinski definition) is 4. The van der Waals surface area contributed by atoms with Gasteiger partial charge in [-0.15, -0.1) is 24.0 Å². The monoisotopic (exact) mass is 489 g/mol. The second kappa shape index (κ2) is 11.9. The van der Waals surface area contributed by atoms with Gasteiger partial charge in [-0.3, -0.25) is 9.79 Å². The van der Waals surface area contributed by atoms with Gasteiger partial charge in [-0.05, 0) is 32.4 Å². The smallest absolute Gasteiger partial charge is 0.221 e. The highest BCUT2D eigenvalue weighted by atomic mass is 127. The standard InChI is InChI=1S/C19H31N5O2.HI/c1-14(2)22-18(25)9-11-21-19(20-3)23-15-10-12-24(13-15)16-7-5-6-8-17(16)26-4;/h5-8,14-15H,9-13H2,1-4H3,(H,22,25)(H2,20,21,23);1H. The number of para-hydroxylation sites is 2. The Labute approximate surface area is 179 Å². The van der Waals surface area contributed by atoms with Crippen molar-refractivity contribution in [1.82, 2.24) is 16.0 Å². The highest BCUT2D eigenvalue weighted by Gasteiger charge is 2.25. The summed E-state index contributed by atoms with van der Waals surface area (Å²) in [5.41, 5.74) is 1.12. The van der Waals surface area contributed by atoms with Gasteiger partial charge in [0, 0.05) is 45.2 Å². The first-order chi connectivity index (χ1) is 12.5. The number of anilines is 1. The van der Waals surface area contributed by atoms with Crippen LogP contribution in [0.25, 0.3) is 0 Å². The molecule has 1 atom stereocenters. The number of ether oxygens (including phenoxy) is 1. The van der Waals surface area contributed by atoms with Crippen LogP contribution in [0.1, 0.15) is 26.7 Å². The molecule has 1 heterocycles. The summed E-state index contributed by atoms with van der Waals surface area (Å²) >= 11 is 0. The Morgan fingerprint density at radius 3 is 2.78 bits per heavy atom. The number of hydrogen-bond donors (Lipinski definition) is 3. The number of guanidine groups is 1. The van der Waals surface area contributed by atoms with Crippen LogP contribution >= 0.6 is 24.0 Å². The third-order valence-corrected chi connectivity index (χ3v) is 4.27. The van der Waals surface area contributed by atoms with Gasteiger partial charge in [-0.25, -0.2) is 0 Å². The van der Waals surface area contributed by atoms with E-state index in [9.17, 15) is 4.79 Å². The Kier molecular flexibility index (Phi) is 10.3. The molecule has 0 saturated carbocycles. The number of rotatable bonds is 7. The zero-order valence-electron chi connectivity index (χ0n) is 16.6. The Balaban J connectivity index is 0.00000364. The molecule has 7 nitrogen and oxygen atoms in total. The van der Waals surface area contributed by atoms with Crippen molar-refractivity contribution in [2.45, 2.75) is 38.8 Å². The lowest BCUT2D eigenvalue weighted by atomic mass is 10.2. The maximum absolute atomic E-state index is 11.7. The molecule has 27 heavy (non-hydrogen) atoms. The van der Waals surface area contributed by atoms with E-state index in [-0.39, 0.29) is 35.9 Å². The molecule has 152 valence electrons. The van der Waals surface area contributed by atoms with E-state index in [0.29, 0.717) is 19.0 Å². The average Bonchev–Trinajstić information content (AvgIpc) is 3.08. The second-order valence-electron chi connectivity index (χ2n) is 6.72. The number of nitrogens with one attached hydrogen (secondary N) is 3. The third-order valence-electron chi connectivity index (χ3n) is 4.27. The lowest BCUT2D eigenvalue weighted by Gasteiger charge is -2.22. The summed E-state index contributed by atoms with van der Waals surface area (Å²) in [5, 5.41) is 9.54. The van der Waals surface area contributed by atoms with Gasteiger partial charge in [-0.2, -0.15) is 0 Å². The second-order valence-corrected chi connectivity index (χ2v) is 6.72. The molecular weight excluding hydrogens is 457 g/mol. The highest BCUT2D eigenvalue weighted by Crippen LogP contribution is 2.30. The van der Waals surface area contributed by atoms with Gasteiger partial charge in [0.1, 0.15) is 5.75 Å². The molecule has 1 saturated heterocycles. The maximum Gasteiger partial charge on any atom is 0.221 e. The van der Waals surface area contributed by atoms with Crippen molar-refractivity contribution in [3.05, 3.63) is 24.3 Å². The van der Waals surface area contributed by atoms with Crippen molar-refractivity contribution in [2.75, 3.05) is 38.7 Å². The Morgan fingerprint density at radius 1 is 1.37 bits per heavy atom. The summed E-state index contributed by atoms with van der Waals surface area (Å²) in [6, 6.07) is 8.55. The minimum Gasteiger partial charge on any atom is -0.495 e. The van der Waals surface area contributed by atoms with Gasteiger partial charge in [0.2, 0.25) is 5.91 Å². The van der Waals surface area contributed by atoms with Crippen LogP contribution in [0, 0.1) is 0 Å². The molecule has 3 N–H and O–H groups in total. The van der Waals surface area contributed by atoms with Crippen LogP contribution in [0.4, 0.5) is 5.69 Å². The first-order valence-electron chi connectivity index (χ1n) is 9.18. The number of benzene rings is 1. The van der Waals surface area contributed by atoms with Crippen molar-refractivity contribution in [3.63, 3.8) is 0 Å². The minimum absolute atomic E-state index is 0. The maximum atomic E-state index is 11.7. The van der Waals surface area contributed by atoms with Crippen molar-refractivity contribution >= 4 is 41.5 Å². The van der Waals surface area contributed by atoms with Crippen molar-refractivity contribution in [1.29, 1.82) is 0 Å². The Bertz CT molecular complexity index is 624. The number of nitrogens with zero attached hydrogens (tertiary/aromatic N) is 2. The molecule has 8 heteroatoms. The molecule has 1 fully saturated rings. The zero-order chi connectivity index (χ0) is 18.9. The Hall–Kier alpha value is -1.71. The molecule has 0 aliphatic carbocycles. The van der Waals surface area contributed by atoms with Crippen LogP contribution < -0.4 is 25.6 Å². The van der Waals surface area contributed by atoms with Crippen molar-refractivity contribution in [2.24, 2.45) is 4.99 Å². The summed E-state index contributed by atoms with van der Waals surface area (Å²) < 4.78 is 5.46. The first kappa shape index (κ1) is 23.3. The fraction of sp³-hybridized carbons (Fsp3) is 0.579. The van der Waals surface area contributed by atoms with Crippen LogP contribution in [0.5, 0.6) is 5.75 Å². The van der Waals surface area contributed by atoms with E-state index in [2.05, 4.69) is 31.9 Å². The normalized spacial score (nSPS) is 16.7. The number of methoxy groups -OCH3 is 1. The van der Waals surface area contributed by atoms with Gasteiger partial charge in [0.15, 0.2) is 5.96 Å². The van der Waals surface area contributed by atoms with Crippen LogP contribution in [-0.2, 0) is 4.79 Å². The molecule has 0 aromatic heterocycles. The topological polar surface area (TPSA) is 78.0 Å². The van der Waals surface area contributed by atoms with E-state index in [1.54, 1.807) is 14.2 Å². The molecule has 2 rings (SSSR count). The number of halogens is 1. The lowest BCUT2D eigenvalue weighted by molar-refractivity contribution is -0.121. The fourth-order valence-electron chi connectivity index (χ4n) is 3.06. The van der Waals surface area contributed by atoms with E-state index < -0.39 is 0 Å². The van der Waals surface area contributed by atoms with Crippen LogP contribution in [-0.4, -0.2) is 57.7 Å². The SMILES string of the molecule is CN=C(NCCC(=O)NC(C)C)NC1CCN(c2ccccc2OC)C1.I. The molecular formula is C19H32IN5O2. The van der Waals surface area contributed by atoms with E-state index in [4.69, 9.17) is 4.74 Å². The van der Waals surface area contributed by atoms with Gasteiger partial charge >= 0.3 is 0 Å². The summed E-state index contributed by atoms with van der Waals surface area (Å²) in [7, 11) is 3.45. The molecule has 1 unspecified atom stereocenters. The van der Waals surface area contributed by atoms with Gasteiger partial charge < -0.3 is 25.6 Å². The molecule has 0 radical (unpaired) electrons. The van der Waals surface area contributed by atoms with E-state index >= 15 is 0 Å². The third kappa shape index (κ3) is 7.43. The highest BCUT2D eigenvalue weighted by molar-refractivity contribution is 14.0. The number of carbonyl (C=O) groups excluding carboxylic acids is 1. The molecule has 1 aliphatic rings. The predicted octanol–water partition coefficient (Wildman–Crippen LogP) is 1.97. The zero-order valence-corrected chi connectivity index (χ0v) is 18.9. The summed E-state index contributed by atoms with van der Waals surface area (Å²) in [6.45, 7) is 6.32. The largest absolute Gasteiger partial charge is 0.495 e. The number of carbonyl (C=O) groups is 1. The molecule has 1 amide bonds. The van der Waals surface area contributed by atoms with Crippen LogP contribution in [0.15, 0.2) is 29.3 Å². The lowest BCUT2D eigenvalue weighted by Crippen LogP contribution is -2.45. The number of amides is 1. The quantitative estimate of drug-likeness (QED) is 0.310. The molecule has 1 aliphatic heterocycles.